The molecule has 14 heavy (non-hydrogen) atoms. The number of nitrogens with zero attached hydrogens (tertiary/aromatic N) is 2. The van der Waals surface area contributed by atoms with Crippen LogP contribution in [-0.2, 0) is 6.42 Å². The predicted molar refractivity (Wildman–Crippen MR) is 57.4 cm³/mol. The van der Waals surface area contributed by atoms with Gasteiger partial charge in [0.05, 0.1) is 5.71 Å². The number of rotatable bonds is 1. The van der Waals surface area contributed by atoms with Crippen LogP contribution in [0.25, 0.3) is 0 Å². The quantitative estimate of drug-likeness (QED) is 0.542. The molecule has 0 fully saturated rings. The van der Waals surface area contributed by atoms with E-state index in [0.717, 1.165) is 29.8 Å². The Kier molecular flexibility index (Phi) is 2.15. The van der Waals surface area contributed by atoms with E-state index in [1.165, 1.54) is 5.56 Å². The molecule has 1 aliphatic carbocycles. The minimum Gasteiger partial charge on any atom is -0.411 e. The maximum atomic E-state index is 8.82. The molecular weight excluding hydrogens is 176 g/mol. The van der Waals surface area contributed by atoms with Gasteiger partial charge in [0.15, 0.2) is 0 Å². The molecule has 0 bridgehead atoms. The van der Waals surface area contributed by atoms with Gasteiger partial charge in [0.25, 0.3) is 0 Å². The first kappa shape index (κ1) is 9.06. The third-order valence-corrected chi connectivity index (χ3v) is 2.67. The molecule has 1 N–H and O–H groups in total. The molecule has 0 unspecified atom stereocenters. The third-order valence-electron chi connectivity index (χ3n) is 2.67. The Morgan fingerprint density at radius 2 is 2.07 bits per heavy atom. The molecule has 1 aliphatic rings. The molecule has 0 saturated carbocycles. The van der Waals surface area contributed by atoms with Crippen LogP contribution < -0.4 is 4.90 Å². The lowest BCUT2D eigenvalue weighted by Gasteiger charge is -2.13. The van der Waals surface area contributed by atoms with Crippen molar-refractivity contribution in [3.8, 4) is 0 Å². The van der Waals surface area contributed by atoms with Gasteiger partial charge in [0.1, 0.15) is 0 Å². The van der Waals surface area contributed by atoms with Gasteiger partial charge >= 0.3 is 0 Å². The number of fused-ring (bicyclic) bond motifs is 1. The molecule has 0 atom stereocenters. The molecular formula is C11H14N2O. The van der Waals surface area contributed by atoms with Crippen LogP contribution in [0.4, 0.5) is 5.69 Å². The molecule has 0 amide bonds. The summed E-state index contributed by atoms with van der Waals surface area (Å²) in [6.45, 7) is 0. The Balaban J connectivity index is 2.48. The Bertz CT molecular complexity index is 383. The highest BCUT2D eigenvalue weighted by molar-refractivity contribution is 6.04. The van der Waals surface area contributed by atoms with Crippen molar-refractivity contribution in [2.45, 2.75) is 12.8 Å². The van der Waals surface area contributed by atoms with Crippen LogP contribution in [0.3, 0.4) is 0 Å². The molecule has 2 rings (SSSR count). The topological polar surface area (TPSA) is 35.8 Å². The second-order valence-corrected chi connectivity index (χ2v) is 3.78. The van der Waals surface area contributed by atoms with Crippen molar-refractivity contribution in [1.82, 2.24) is 0 Å². The summed E-state index contributed by atoms with van der Waals surface area (Å²) < 4.78 is 0. The maximum Gasteiger partial charge on any atom is 0.0874 e. The maximum absolute atomic E-state index is 8.82. The Labute approximate surface area is 83.7 Å². The number of aryl methyl sites for hydroxylation is 1. The first-order valence-electron chi connectivity index (χ1n) is 4.74. The van der Waals surface area contributed by atoms with Crippen LogP contribution in [0.15, 0.2) is 23.4 Å². The van der Waals surface area contributed by atoms with Gasteiger partial charge in [-0.05, 0) is 30.5 Å². The summed E-state index contributed by atoms with van der Waals surface area (Å²) in [5, 5.41) is 12.1. The summed E-state index contributed by atoms with van der Waals surface area (Å²) in [4.78, 5) is 2.05. The van der Waals surface area contributed by atoms with Crippen LogP contribution in [0, 0.1) is 0 Å². The zero-order chi connectivity index (χ0) is 10.1. The van der Waals surface area contributed by atoms with Crippen molar-refractivity contribution < 1.29 is 5.21 Å². The van der Waals surface area contributed by atoms with E-state index in [9.17, 15) is 0 Å². The summed E-state index contributed by atoms with van der Waals surface area (Å²) >= 11 is 0. The Morgan fingerprint density at radius 1 is 1.29 bits per heavy atom. The molecule has 3 heteroatoms. The van der Waals surface area contributed by atoms with Gasteiger partial charge < -0.3 is 10.1 Å². The molecule has 0 spiro atoms. The van der Waals surface area contributed by atoms with Gasteiger partial charge in [-0.25, -0.2) is 0 Å². The average molecular weight is 190 g/mol. The summed E-state index contributed by atoms with van der Waals surface area (Å²) in [5.74, 6) is 0. The van der Waals surface area contributed by atoms with Crippen molar-refractivity contribution >= 4 is 11.4 Å². The van der Waals surface area contributed by atoms with Crippen molar-refractivity contribution in [2.24, 2.45) is 5.16 Å². The lowest BCUT2D eigenvalue weighted by atomic mass is 10.1. The van der Waals surface area contributed by atoms with E-state index in [4.69, 9.17) is 5.21 Å². The highest BCUT2D eigenvalue weighted by atomic mass is 16.4. The molecule has 3 nitrogen and oxygen atoms in total. The molecule has 0 saturated heterocycles. The normalized spacial score (nSPS) is 17.1. The van der Waals surface area contributed by atoms with Gasteiger partial charge in [-0.15, -0.1) is 0 Å². The zero-order valence-electron chi connectivity index (χ0n) is 8.49. The highest BCUT2D eigenvalue weighted by Crippen LogP contribution is 2.26. The molecule has 0 aliphatic heterocycles. The Morgan fingerprint density at radius 3 is 2.71 bits per heavy atom. The monoisotopic (exact) mass is 190 g/mol. The van der Waals surface area contributed by atoms with Gasteiger partial charge in [-0.1, -0.05) is 11.2 Å². The lowest BCUT2D eigenvalue weighted by Crippen LogP contribution is -2.09. The van der Waals surface area contributed by atoms with Crippen molar-refractivity contribution in [2.75, 3.05) is 19.0 Å². The SMILES string of the molecule is CN(C)c1ccc2c(c1)/C(=N/O)CC2. The fraction of sp³-hybridized carbons (Fsp3) is 0.364. The Hall–Kier alpha value is -1.51. The number of hydrogen-bond donors (Lipinski definition) is 1. The van der Waals surface area contributed by atoms with Crippen LogP contribution in [0.5, 0.6) is 0 Å². The lowest BCUT2D eigenvalue weighted by molar-refractivity contribution is 0.318. The molecule has 74 valence electrons. The highest BCUT2D eigenvalue weighted by Gasteiger charge is 2.18. The fourth-order valence-corrected chi connectivity index (χ4v) is 1.82. The zero-order valence-corrected chi connectivity index (χ0v) is 8.49. The van der Waals surface area contributed by atoms with E-state index in [2.05, 4.69) is 23.4 Å². The molecule has 1 aromatic carbocycles. The van der Waals surface area contributed by atoms with E-state index < -0.39 is 0 Å². The van der Waals surface area contributed by atoms with E-state index >= 15 is 0 Å². The van der Waals surface area contributed by atoms with E-state index in [1.807, 2.05) is 19.0 Å². The summed E-state index contributed by atoms with van der Waals surface area (Å²) in [6.07, 6.45) is 1.84. The van der Waals surface area contributed by atoms with Crippen molar-refractivity contribution in [3.63, 3.8) is 0 Å². The summed E-state index contributed by atoms with van der Waals surface area (Å²) in [6, 6.07) is 6.29. The second kappa shape index (κ2) is 3.33. The standard InChI is InChI=1S/C11H14N2O/c1-13(2)9-5-3-8-4-6-11(12-14)10(8)7-9/h3,5,7,14H,4,6H2,1-2H3/b12-11+. The first-order chi connectivity index (χ1) is 6.72. The van der Waals surface area contributed by atoms with E-state index in [-0.39, 0.29) is 0 Å². The second-order valence-electron chi connectivity index (χ2n) is 3.78. The minimum absolute atomic E-state index is 0.809. The van der Waals surface area contributed by atoms with Gasteiger partial charge in [-0.3, -0.25) is 0 Å². The molecule has 0 aromatic heterocycles. The van der Waals surface area contributed by atoms with Gasteiger partial charge in [-0.2, -0.15) is 0 Å². The van der Waals surface area contributed by atoms with Gasteiger partial charge in [0, 0.05) is 25.3 Å². The number of anilines is 1. The van der Waals surface area contributed by atoms with Crippen LogP contribution in [-0.4, -0.2) is 25.0 Å². The van der Waals surface area contributed by atoms with Gasteiger partial charge in [0.2, 0.25) is 0 Å². The number of hydrogen-bond acceptors (Lipinski definition) is 3. The molecule has 1 aromatic rings. The van der Waals surface area contributed by atoms with Crippen LogP contribution in [0.1, 0.15) is 17.5 Å². The number of oxime groups is 1. The van der Waals surface area contributed by atoms with Crippen molar-refractivity contribution in [3.05, 3.63) is 29.3 Å². The van der Waals surface area contributed by atoms with E-state index in [0.29, 0.717) is 0 Å². The average Bonchev–Trinajstić information content (AvgIpc) is 2.59. The fourth-order valence-electron chi connectivity index (χ4n) is 1.82. The van der Waals surface area contributed by atoms with Crippen LogP contribution >= 0.6 is 0 Å². The first-order valence-corrected chi connectivity index (χ1v) is 4.74. The third kappa shape index (κ3) is 1.35. The van der Waals surface area contributed by atoms with Crippen molar-refractivity contribution in [1.29, 1.82) is 0 Å². The van der Waals surface area contributed by atoms with Crippen LogP contribution in [0.2, 0.25) is 0 Å². The van der Waals surface area contributed by atoms with E-state index in [1.54, 1.807) is 0 Å². The predicted octanol–water partition coefficient (Wildman–Crippen LogP) is 1.88. The number of benzene rings is 1. The summed E-state index contributed by atoms with van der Waals surface area (Å²) in [7, 11) is 4.01. The molecule has 0 heterocycles. The smallest absolute Gasteiger partial charge is 0.0874 e. The molecule has 0 radical (unpaired) electrons. The largest absolute Gasteiger partial charge is 0.411 e. The summed E-state index contributed by atoms with van der Waals surface area (Å²) in [5.41, 5.74) is 4.33. The minimum atomic E-state index is 0.809.